The predicted molar refractivity (Wildman–Crippen MR) is 118 cm³/mol. The summed E-state index contributed by atoms with van der Waals surface area (Å²) in [6.07, 6.45) is 5.66. The zero-order chi connectivity index (χ0) is 17.5. The van der Waals surface area contributed by atoms with E-state index in [2.05, 4.69) is 40.4 Å². The lowest BCUT2D eigenvalue weighted by Crippen LogP contribution is -2.53. The molecule has 1 N–H and O–H groups in total. The van der Waals surface area contributed by atoms with Crippen LogP contribution < -0.4 is 10.2 Å². The lowest BCUT2D eigenvalue weighted by Gasteiger charge is -2.36. The Bertz CT molecular complexity index is 683. The summed E-state index contributed by atoms with van der Waals surface area (Å²) < 4.78 is 0. The Morgan fingerprint density at radius 1 is 1.23 bits per heavy atom. The highest BCUT2D eigenvalue weighted by Crippen LogP contribution is 2.11. The minimum absolute atomic E-state index is 0. The summed E-state index contributed by atoms with van der Waals surface area (Å²) in [5.41, 5.74) is 1.11. The second kappa shape index (κ2) is 10.6. The molecule has 1 fully saturated rings. The van der Waals surface area contributed by atoms with Gasteiger partial charge in [-0.3, -0.25) is 4.99 Å². The molecule has 2 aromatic rings. The van der Waals surface area contributed by atoms with Gasteiger partial charge < -0.3 is 15.1 Å². The second-order valence-corrected chi connectivity index (χ2v) is 6.93. The van der Waals surface area contributed by atoms with E-state index in [4.69, 9.17) is 0 Å². The molecule has 1 aliphatic rings. The summed E-state index contributed by atoms with van der Waals surface area (Å²) in [6.45, 7) is 6.60. The number of thiazole rings is 1. The van der Waals surface area contributed by atoms with E-state index in [9.17, 15) is 0 Å². The quantitative estimate of drug-likeness (QED) is 0.302. The van der Waals surface area contributed by atoms with E-state index >= 15 is 0 Å². The lowest BCUT2D eigenvalue weighted by atomic mass is 10.3. The van der Waals surface area contributed by atoms with Gasteiger partial charge in [-0.1, -0.05) is 0 Å². The lowest BCUT2D eigenvalue weighted by molar-refractivity contribution is 0.370. The van der Waals surface area contributed by atoms with E-state index in [1.165, 1.54) is 5.01 Å². The average Bonchev–Trinajstić information content (AvgIpc) is 3.08. The standard InChI is InChI=1S/C17H25N7S.HI/c1-14-13-25-15(22-14)5-3-6-19-16(18-2)23-9-11-24(12-10-23)17-20-7-4-8-21-17;/h4,7-8,13H,3,5-6,9-12H2,1-2H3,(H,18,19);1H. The highest BCUT2D eigenvalue weighted by molar-refractivity contribution is 14.0. The Morgan fingerprint density at radius 2 is 1.96 bits per heavy atom. The molecular formula is C17H26IN7S. The number of aromatic nitrogens is 3. The summed E-state index contributed by atoms with van der Waals surface area (Å²) in [5.74, 6) is 1.78. The van der Waals surface area contributed by atoms with E-state index in [-0.39, 0.29) is 24.0 Å². The highest BCUT2D eigenvalue weighted by Gasteiger charge is 2.20. The van der Waals surface area contributed by atoms with Crippen LogP contribution in [-0.4, -0.2) is 65.6 Å². The van der Waals surface area contributed by atoms with Crippen molar-refractivity contribution in [2.24, 2.45) is 4.99 Å². The number of aryl methyl sites for hydroxylation is 2. The summed E-state index contributed by atoms with van der Waals surface area (Å²) in [5, 5.41) is 6.80. The van der Waals surface area contributed by atoms with Crippen LogP contribution in [0.1, 0.15) is 17.1 Å². The molecule has 0 aliphatic carbocycles. The second-order valence-electron chi connectivity index (χ2n) is 5.98. The maximum absolute atomic E-state index is 4.51. The number of nitrogens with zero attached hydrogens (tertiary/aromatic N) is 6. The molecule has 0 spiro atoms. The molecule has 1 saturated heterocycles. The first-order valence-corrected chi connectivity index (χ1v) is 9.53. The van der Waals surface area contributed by atoms with Crippen LogP contribution in [0.2, 0.25) is 0 Å². The molecule has 0 radical (unpaired) electrons. The van der Waals surface area contributed by atoms with Gasteiger partial charge in [0.1, 0.15) is 0 Å². The van der Waals surface area contributed by atoms with E-state index in [1.807, 2.05) is 20.0 Å². The van der Waals surface area contributed by atoms with Gasteiger partial charge in [-0.2, -0.15) is 0 Å². The van der Waals surface area contributed by atoms with Crippen molar-refractivity contribution in [1.29, 1.82) is 0 Å². The fourth-order valence-corrected chi connectivity index (χ4v) is 3.68. The Labute approximate surface area is 176 Å². The van der Waals surface area contributed by atoms with Crippen LogP contribution in [0.5, 0.6) is 0 Å². The number of halogens is 1. The molecule has 3 rings (SSSR count). The molecule has 26 heavy (non-hydrogen) atoms. The van der Waals surface area contributed by atoms with Crippen LogP contribution in [0, 0.1) is 6.92 Å². The molecule has 2 aromatic heterocycles. The zero-order valence-corrected chi connectivity index (χ0v) is 18.4. The van der Waals surface area contributed by atoms with Gasteiger partial charge in [0.15, 0.2) is 5.96 Å². The molecule has 9 heteroatoms. The largest absolute Gasteiger partial charge is 0.356 e. The number of piperazine rings is 1. The summed E-state index contributed by atoms with van der Waals surface area (Å²) in [7, 11) is 1.85. The third-order valence-electron chi connectivity index (χ3n) is 4.14. The number of aliphatic imine (C=N–C) groups is 1. The van der Waals surface area contributed by atoms with E-state index in [0.29, 0.717) is 0 Å². The number of anilines is 1. The Balaban J connectivity index is 0.00000243. The van der Waals surface area contributed by atoms with Crippen LogP contribution in [0.25, 0.3) is 0 Å². The normalized spacial score (nSPS) is 14.9. The van der Waals surface area contributed by atoms with Gasteiger partial charge in [0.2, 0.25) is 5.95 Å². The molecule has 1 aliphatic heterocycles. The fourth-order valence-electron chi connectivity index (χ4n) is 2.86. The fraction of sp³-hybridized carbons (Fsp3) is 0.529. The minimum Gasteiger partial charge on any atom is -0.356 e. The van der Waals surface area contributed by atoms with Gasteiger partial charge >= 0.3 is 0 Å². The Hall–Kier alpha value is -1.49. The maximum Gasteiger partial charge on any atom is 0.225 e. The van der Waals surface area contributed by atoms with Crippen molar-refractivity contribution in [2.45, 2.75) is 19.8 Å². The van der Waals surface area contributed by atoms with Crippen molar-refractivity contribution >= 4 is 47.2 Å². The molecule has 0 saturated carbocycles. The topological polar surface area (TPSA) is 69.5 Å². The van der Waals surface area contributed by atoms with E-state index < -0.39 is 0 Å². The monoisotopic (exact) mass is 487 g/mol. The zero-order valence-electron chi connectivity index (χ0n) is 15.3. The van der Waals surface area contributed by atoms with Gasteiger partial charge in [0.25, 0.3) is 0 Å². The molecule has 0 aromatic carbocycles. The number of hydrogen-bond acceptors (Lipinski definition) is 6. The number of rotatable bonds is 5. The highest BCUT2D eigenvalue weighted by atomic mass is 127. The first-order chi connectivity index (χ1) is 12.3. The van der Waals surface area contributed by atoms with E-state index in [1.54, 1.807) is 23.7 Å². The van der Waals surface area contributed by atoms with Crippen molar-refractivity contribution in [3.05, 3.63) is 34.5 Å². The van der Waals surface area contributed by atoms with Gasteiger partial charge in [0, 0.05) is 69.7 Å². The molecule has 0 unspecified atom stereocenters. The van der Waals surface area contributed by atoms with Crippen LogP contribution in [0.4, 0.5) is 5.95 Å². The van der Waals surface area contributed by atoms with Crippen LogP contribution >= 0.6 is 35.3 Å². The third kappa shape index (κ3) is 5.76. The first kappa shape index (κ1) is 20.8. The SMILES string of the molecule is CN=C(NCCCc1nc(C)cs1)N1CCN(c2ncccn2)CC1.I. The van der Waals surface area contributed by atoms with E-state index in [0.717, 1.165) is 63.2 Å². The van der Waals surface area contributed by atoms with Crippen molar-refractivity contribution in [3.63, 3.8) is 0 Å². The van der Waals surface area contributed by atoms with Crippen LogP contribution in [0.15, 0.2) is 28.8 Å². The predicted octanol–water partition coefficient (Wildman–Crippen LogP) is 2.19. The Kier molecular flexibility index (Phi) is 8.49. The van der Waals surface area contributed by atoms with Gasteiger partial charge in [-0.15, -0.1) is 35.3 Å². The number of guanidine groups is 1. The smallest absolute Gasteiger partial charge is 0.225 e. The van der Waals surface area contributed by atoms with Crippen LogP contribution in [0.3, 0.4) is 0 Å². The molecule has 142 valence electrons. The van der Waals surface area contributed by atoms with Gasteiger partial charge in [-0.25, -0.2) is 15.0 Å². The third-order valence-corrected chi connectivity index (χ3v) is 5.17. The van der Waals surface area contributed by atoms with Crippen LogP contribution in [-0.2, 0) is 6.42 Å². The molecular weight excluding hydrogens is 461 g/mol. The minimum atomic E-state index is 0. The molecule has 0 amide bonds. The summed E-state index contributed by atoms with van der Waals surface area (Å²) in [6, 6.07) is 1.85. The maximum atomic E-state index is 4.51. The number of nitrogens with one attached hydrogen (secondary N) is 1. The summed E-state index contributed by atoms with van der Waals surface area (Å²) >= 11 is 1.74. The molecule has 3 heterocycles. The average molecular weight is 487 g/mol. The summed E-state index contributed by atoms with van der Waals surface area (Å²) in [4.78, 5) is 22.1. The van der Waals surface area contributed by atoms with Gasteiger partial charge in [-0.05, 0) is 19.4 Å². The van der Waals surface area contributed by atoms with Crippen molar-refractivity contribution in [2.75, 3.05) is 44.7 Å². The van der Waals surface area contributed by atoms with Gasteiger partial charge in [0.05, 0.1) is 5.01 Å². The first-order valence-electron chi connectivity index (χ1n) is 8.65. The molecule has 7 nitrogen and oxygen atoms in total. The van der Waals surface area contributed by atoms with Crippen molar-refractivity contribution in [3.8, 4) is 0 Å². The molecule has 0 atom stereocenters. The number of hydrogen-bond donors (Lipinski definition) is 1. The molecule has 0 bridgehead atoms. The van der Waals surface area contributed by atoms with Crippen molar-refractivity contribution in [1.82, 2.24) is 25.2 Å². The Morgan fingerprint density at radius 3 is 2.58 bits per heavy atom. The van der Waals surface area contributed by atoms with Crippen molar-refractivity contribution < 1.29 is 0 Å².